The molecular formula is C19H30N2O3. The molecule has 0 unspecified atom stereocenters. The molecule has 1 aromatic rings. The molecule has 0 saturated heterocycles. The van der Waals surface area contributed by atoms with Crippen molar-refractivity contribution >= 4 is 6.03 Å². The standard InChI is InChI=1S/C19H30N2O3/c1-19(2,14-10-11-16(23-3)17(12-14)24-4)13-20-18(22)21-15-8-6-5-7-9-15/h10-12,15H,5-9,13H2,1-4H3,(H2,20,21,22). The molecule has 0 aliphatic heterocycles. The minimum Gasteiger partial charge on any atom is -0.493 e. The third kappa shape index (κ3) is 4.79. The Kier molecular flexibility index (Phi) is 6.35. The highest BCUT2D eigenvalue weighted by molar-refractivity contribution is 5.74. The van der Waals surface area contributed by atoms with Crippen LogP contribution < -0.4 is 20.1 Å². The molecule has 1 saturated carbocycles. The lowest BCUT2D eigenvalue weighted by Gasteiger charge is -2.28. The number of hydrogen-bond donors (Lipinski definition) is 2. The van der Waals surface area contributed by atoms with Gasteiger partial charge in [-0.1, -0.05) is 39.2 Å². The topological polar surface area (TPSA) is 59.6 Å². The van der Waals surface area contributed by atoms with Gasteiger partial charge in [0.15, 0.2) is 11.5 Å². The van der Waals surface area contributed by atoms with Crippen LogP contribution in [0.2, 0.25) is 0 Å². The number of nitrogens with one attached hydrogen (secondary N) is 2. The van der Waals surface area contributed by atoms with Gasteiger partial charge in [0.2, 0.25) is 0 Å². The van der Waals surface area contributed by atoms with Gasteiger partial charge in [-0.3, -0.25) is 0 Å². The average molecular weight is 334 g/mol. The predicted octanol–water partition coefficient (Wildman–Crippen LogP) is 3.61. The van der Waals surface area contributed by atoms with Crippen molar-refractivity contribution in [1.82, 2.24) is 10.6 Å². The van der Waals surface area contributed by atoms with Gasteiger partial charge in [-0.2, -0.15) is 0 Å². The molecule has 0 aromatic heterocycles. The van der Waals surface area contributed by atoms with Gasteiger partial charge < -0.3 is 20.1 Å². The number of ether oxygens (including phenoxy) is 2. The third-order valence-corrected chi connectivity index (χ3v) is 4.80. The van der Waals surface area contributed by atoms with Gasteiger partial charge in [-0.15, -0.1) is 0 Å². The Morgan fingerprint density at radius 1 is 1.12 bits per heavy atom. The van der Waals surface area contributed by atoms with E-state index in [1.54, 1.807) is 14.2 Å². The summed E-state index contributed by atoms with van der Waals surface area (Å²) in [6.07, 6.45) is 5.88. The van der Waals surface area contributed by atoms with Crippen LogP contribution in [0.25, 0.3) is 0 Å². The first-order valence-corrected chi connectivity index (χ1v) is 8.73. The van der Waals surface area contributed by atoms with E-state index in [0.29, 0.717) is 24.1 Å². The van der Waals surface area contributed by atoms with Crippen LogP contribution in [0, 0.1) is 0 Å². The van der Waals surface area contributed by atoms with Crippen LogP contribution >= 0.6 is 0 Å². The monoisotopic (exact) mass is 334 g/mol. The number of carbonyl (C=O) groups is 1. The van der Waals surface area contributed by atoms with Gasteiger partial charge in [-0.05, 0) is 30.5 Å². The summed E-state index contributed by atoms with van der Waals surface area (Å²) in [5.74, 6) is 1.41. The van der Waals surface area contributed by atoms with Gasteiger partial charge in [-0.25, -0.2) is 4.79 Å². The number of rotatable bonds is 6. The number of urea groups is 1. The minimum absolute atomic E-state index is 0.0737. The van der Waals surface area contributed by atoms with Crippen LogP contribution in [0.3, 0.4) is 0 Å². The fourth-order valence-electron chi connectivity index (χ4n) is 3.14. The van der Waals surface area contributed by atoms with E-state index in [0.717, 1.165) is 18.4 Å². The minimum atomic E-state index is -0.205. The molecule has 0 radical (unpaired) electrons. The lowest BCUT2D eigenvalue weighted by atomic mass is 9.84. The first kappa shape index (κ1) is 18.4. The second kappa shape index (κ2) is 8.27. The first-order chi connectivity index (χ1) is 11.5. The molecule has 0 spiro atoms. The fourth-order valence-corrected chi connectivity index (χ4v) is 3.14. The van der Waals surface area contributed by atoms with Crippen LogP contribution in [0.1, 0.15) is 51.5 Å². The maximum atomic E-state index is 12.1. The number of amides is 2. The molecule has 134 valence electrons. The highest BCUT2D eigenvalue weighted by Crippen LogP contribution is 2.32. The third-order valence-electron chi connectivity index (χ3n) is 4.80. The largest absolute Gasteiger partial charge is 0.493 e. The highest BCUT2D eigenvalue weighted by atomic mass is 16.5. The van der Waals surface area contributed by atoms with Crippen molar-refractivity contribution in [2.45, 2.75) is 57.4 Å². The van der Waals surface area contributed by atoms with Crippen LogP contribution in [-0.2, 0) is 5.41 Å². The summed E-state index contributed by atoms with van der Waals surface area (Å²) in [5.41, 5.74) is 0.891. The second-order valence-electron chi connectivity index (χ2n) is 7.12. The van der Waals surface area contributed by atoms with Crippen LogP contribution in [0.4, 0.5) is 4.79 Å². The summed E-state index contributed by atoms with van der Waals surface area (Å²) in [5, 5.41) is 6.10. The summed E-state index contributed by atoms with van der Waals surface area (Å²) in [7, 11) is 3.25. The molecule has 1 fully saturated rings. The lowest BCUT2D eigenvalue weighted by Crippen LogP contribution is -2.46. The van der Waals surface area contributed by atoms with E-state index >= 15 is 0 Å². The number of methoxy groups -OCH3 is 2. The molecule has 2 N–H and O–H groups in total. The van der Waals surface area contributed by atoms with E-state index in [4.69, 9.17) is 9.47 Å². The van der Waals surface area contributed by atoms with Crippen molar-refractivity contribution < 1.29 is 14.3 Å². The Labute approximate surface area is 145 Å². The van der Waals surface area contributed by atoms with E-state index in [1.807, 2.05) is 18.2 Å². The Morgan fingerprint density at radius 2 is 1.79 bits per heavy atom. The quantitative estimate of drug-likeness (QED) is 0.835. The molecule has 5 heteroatoms. The molecule has 1 aromatic carbocycles. The number of carbonyl (C=O) groups excluding carboxylic acids is 1. The van der Waals surface area contributed by atoms with Crippen LogP contribution in [0.15, 0.2) is 18.2 Å². The Hall–Kier alpha value is -1.91. The van der Waals surface area contributed by atoms with Crippen molar-refractivity contribution in [3.63, 3.8) is 0 Å². The molecule has 2 rings (SSSR count). The van der Waals surface area contributed by atoms with Gasteiger partial charge in [0.1, 0.15) is 0 Å². The maximum absolute atomic E-state index is 12.1. The van der Waals surface area contributed by atoms with Crippen molar-refractivity contribution in [3.05, 3.63) is 23.8 Å². The molecule has 1 aliphatic rings. The molecule has 24 heavy (non-hydrogen) atoms. The summed E-state index contributed by atoms with van der Waals surface area (Å²) in [4.78, 5) is 12.1. The first-order valence-electron chi connectivity index (χ1n) is 8.73. The normalized spacial score (nSPS) is 15.7. The molecule has 1 aliphatic carbocycles. The van der Waals surface area contributed by atoms with E-state index in [2.05, 4.69) is 24.5 Å². The van der Waals surface area contributed by atoms with Crippen LogP contribution in [-0.4, -0.2) is 32.8 Å². The molecule has 0 bridgehead atoms. The smallest absolute Gasteiger partial charge is 0.315 e. The van der Waals surface area contributed by atoms with Crippen molar-refractivity contribution in [2.24, 2.45) is 0 Å². The maximum Gasteiger partial charge on any atom is 0.315 e. The molecule has 0 atom stereocenters. The van der Waals surface area contributed by atoms with Crippen molar-refractivity contribution in [2.75, 3.05) is 20.8 Å². The zero-order valence-corrected chi connectivity index (χ0v) is 15.3. The zero-order chi connectivity index (χ0) is 17.6. The van der Waals surface area contributed by atoms with Gasteiger partial charge in [0, 0.05) is 18.0 Å². The molecule has 0 heterocycles. The Balaban J connectivity index is 1.93. The van der Waals surface area contributed by atoms with E-state index in [9.17, 15) is 4.79 Å². The fraction of sp³-hybridized carbons (Fsp3) is 0.632. The van der Waals surface area contributed by atoms with E-state index in [-0.39, 0.29) is 11.4 Å². The zero-order valence-electron chi connectivity index (χ0n) is 15.3. The van der Waals surface area contributed by atoms with Crippen molar-refractivity contribution in [1.29, 1.82) is 0 Å². The molecule has 2 amide bonds. The summed E-state index contributed by atoms with van der Waals surface area (Å²) >= 11 is 0. The average Bonchev–Trinajstić information content (AvgIpc) is 2.60. The highest BCUT2D eigenvalue weighted by Gasteiger charge is 2.24. The number of hydrogen-bond acceptors (Lipinski definition) is 3. The summed E-state index contributed by atoms with van der Waals surface area (Å²) in [6.45, 7) is 4.77. The summed E-state index contributed by atoms with van der Waals surface area (Å²) in [6, 6.07) is 6.14. The number of benzene rings is 1. The predicted molar refractivity (Wildman–Crippen MR) is 96.0 cm³/mol. The SMILES string of the molecule is COc1ccc(C(C)(C)CNC(=O)NC2CCCCC2)cc1OC. The Morgan fingerprint density at radius 3 is 2.42 bits per heavy atom. The van der Waals surface area contributed by atoms with E-state index in [1.165, 1.54) is 19.3 Å². The van der Waals surface area contributed by atoms with Gasteiger partial charge in [0.05, 0.1) is 14.2 Å². The van der Waals surface area contributed by atoms with E-state index < -0.39 is 0 Å². The summed E-state index contributed by atoms with van der Waals surface area (Å²) < 4.78 is 10.7. The van der Waals surface area contributed by atoms with Gasteiger partial charge >= 0.3 is 6.03 Å². The van der Waals surface area contributed by atoms with Gasteiger partial charge in [0.25, 0.3) is 0 Å². The van der Waals surface area contributed by atoms with Crippen LogP contribution in [0.5, 0.6) is 11.5 Å². The Bertz CT molecular complexity index is 552. The molecular weight excluding hydrogens is 304 g/mol. The van der Waals surface area contributed by atoms with Crippen molar-refractivity contribution in [3.8, 4) is 11.5 Å². The molecule has 5 nitrogen and oxygen atoms in total. The second-order valence-corrected chi connectivity index (χ2v) is 7.12. The lowest BCUT2D eigenvalue weighted by molar-refractivity contribution is 0.230.